The van der Waals surface area contributed by atoms with Gasteiger partial charge in [0.05, 0.1) is 27.9 Å². The van der Waals surface area contributed by atoms with Gasteiger partial charge in [0.25, 0.3) is 0 Å². The standard InChI is InChI=1S/C22H31NO6/c1-25-10-9-23(14-17-11-21(27-3)13-22(12-17)28-4)15-18(24)16-29-20-7-5-19(26-2)6-8-20/h5-8,11-13,18,24H,9-10,14-16H2,1-4H3. The second-order valence-corrected chi connectivity index (χ2v) is 6.59. The van der Waals surface area contributed by atoms with E-state index >= 15 is 0 Å². The largest absolute Gasteiger partial charge is 0.497 e. The maximum Gasteiger partial charge on any atom is 0.122 e. The van der Waals surface area contributed by atoms with Crippen LogP contribution in [0.1, 0.15) is 5.56 Å². The molecule has 1 N–H and O–H groups in total. The lowest BCUT2D eigenvalue weighted by atomic mass is 10.1. The van der Waals surface area contributed by atoms with Gasteiger partial charge >= 0.3 is 0 Å². The number of hydrogen-bond acceptors (Lipinski definition) is 7. The highest BCUT2D eigenvalue weighted by molar-refractivity contribution is 5.38. The fraction of sp³-hybridized carbons (Fsp3) is 0.455. The molecular formula is C22H31NO6. The minimum atomic E-state index is -0.651. The van der Waals surface area contributed by atoms with Crippen LogP contribution in [0.2, 0.25) is 0 Å². The molecule has 1 unspecified atom stereocenters. The van der Waals surface area contributed by atoms with Gasteiger partial charge in [0.15, 0.2) is 0 Å². The summed E-state index contributed by atoms with van der Waals surface area (Å²) >= 11 is 0. The van der Waals surface area contributed by atoms with Crippen LogP contribution in [0.25, 0.3) is 0 Å². The quantitative estimate of drug-likeness (QED) is 0.549. The second-order valence-electron chi connectivity index (χ2n) is 6.59. The molecule has 0 aliphatic rings. The Hall–Kier alpha value is -2.48. The Morgan fingerprint density at radius 1 is 0.828 bits per heavy atom. The Bertz CT molecular complexity index is 699. The van der Waals surface area contributed by atoms with Crippen molar-refractivity contribution in [2.75, 3.05) is 54.7 Å². The molecule has 160 valence electrons. The molecule has 0 aromatic heterocycles. The van der Waals surface area contributed by atoms with Gasteiger partial charge in [-0.1, -0.05) is 0 Å². The van der Waals surface area contributed by atoms with E-state index in [1.54, 1.807) is 28.4 Å². The number of ether oxygens (including phenoxy) is 5. The molecule has 0 spiro atoms. The molecule has 7 heteroatoms. The molecule has 0 saturated carbocycles. The Kier molecular flexibility index (Phi) is 9.56. The Balaban J connectivity index is 1.96. The van der Waals surface area contributed by atoms with Crippen LogP contribution in [0.3, 0.4) is 0 Å². The normalized spacial score (nSPS) is 11.9. The summed E-state index contributed by atoms with van der Waals surface area (Å²) < 4.78 is 26.7. The lowest BCUT2D eigenvalue weighted by molar-refractivity contribution is 0.0542. The summed E-state index contributed by atoms with van der Waals surface area (Å²) in [7, 11) is 6.53. The van der Waals surface area contributed by atoms with Crippen LogP contribution in [-0.4, -0.2) is 70.9 Å². The molecule has 2 aromatic carbocycles. The number of hydrogen-bond donors (Lipinski definition) is 1. The van der Waals surface area contributed by atoms with Gasteiger partial charge in [-0.15, -0.1) is 0 Å². The van der Waals surface area contributed by atoms with Crippen LogP contribution in [0, 0.1) is 0 Å². The van der Waals surface area contributed by atoms with Gasteiger partial charge in [-0.05, 0) is 42.0 Å². The molecule has 2 rings (SSSR count). The van der Waals surface area contributed by atoms with Crippen molar-refractivity contribution in [2.24, 2.45) is 0 Å². The molecule has 0 amide bonds. The number of nitrogens with zero attached hydrogens (tertiary/aromatic N) is 1. The summed E-state index contributed by atoms with van der Waals surface area (Å²) in [6, 6.07) is 13.0. The third-order valence-electron chi connectivity index (χ3n) is 4.40. The van der Waals surface area contributed by atoms with E-state index in [1.807, 2.05) is 42.5 Å². The number of methoxy groups -OCH3 is 4. The predicted octanol–water partition coefficient (Wildman–Crippen LogP) is 2.60. The first kappa shape index (κ1) is 22.8. The molecule has 29 heavy (non-hydrogen) atoms. The summed E-state index contributed by atoms with van der Waals surface area (Å²) in [6.07, 6.45) is -0.651. The number of rotatable bonds is 13. The van der Waals surface area contributed by atoms with E-state index in [0.717, 1.165) is 22.8 Å². The molecule has 2 aromatic rings. The van der Waals surface area contributed by atoms with Gasteiger partial charge in [-0.25, -0.2) is 0 Å². The van der Waals surface area contributed by atoms with Gasteiger partial charge in [0.1, 0.15) is 35.7 Å². The third-order valence-corrected chi connectivity index (χ3v) is 4.40. The molecule has 0 bridgehead atoms. The van der Waals surface area contributed by atoms with Crippen LogP contribution < -0.4 is 18.9 Å². The maximum absolute atomic E-state index is 10.5. The van der Waals surface area contributed by atoms with Gasteiger partial charge < -0.3 is 28.8 Å². The molecule has 0 aliphatic heterocycles. The lowest BCUT2D eigenvalue weighted by Crippen LogP contribution is -2.37. The summed E-state index contributed by atoms with van der Waals surface area (Å²) in [5.74, 6) is 2.91. The van der Waals surface area contributed by atoms with Crippen molar-refractivity contribution in [2.45, 2.75) is 12.6 Å². The molecule has 7 nitrogen and oxygen atoms in total. The molecule has 0 radical (unpaired) electrons. The van der Waals surface area contributed by atoms with Crippen molar-refractivity contribution in [3.63, 3.8) is 0 Å². The fourth-order valence-corrected chi connectivity index (χ4v) is 2.89. The van der Waals surface area contributed by atoms with Crippen LogP contribution in [0.15, 0.2) is 42.5 Å². The average molecular weight is 405 g/mol. The lowest BCUT2D eigenvalue weighted by Gasteiger charge is -2.25. The zero-order chi connectivity index (χ0) is 21.1. The van der Waals surface area contributed by atoms with E-state index < -0.39 is 6.10 Å². The number of benzene rings is 2. The zero-order valence-corrected chi connectivity index (χ0v) is 17.6. The molecule has 0 saturated heterocycles. The topological polar surface area (TPSA) is 69.6 Å². The maximum atomic E-state index is 10.5. The Morgan fingerprint density at radius 3 is 1.97 bits per heavy atom. The Morgan fingerprint density at radius 2 is 1.41 bits per heavy atom. The SMILES string of the molecule is COCCN(Cc1cc(OC)cc(OC)c1)CC(O)COc1ccc(OC)cc1. The molecule has 0 heterocycles. The van der Waals surface area contributed by atoms with E-state index in [4.69, 9.17) is 23.7 Å². The van der Waals surface area contributed by atoms with Crippen molar-refractivity contribution in [3.8, 4) is 23.0 Å². The first-order valence-electron chi connectivity index (χ1n) is 9.46. The van der Waals surface area contributed by atoms with Gasteiger partial charge in [0.2, 0.25) is 0 Å². The van der Waals surface area contributed by atoms with Crippen LogP contribution >= 0.6 is 0 Å². The van der Waals surface area contributed by atoms with Gasteiger partial charge in [0, 0.05) is 32.8 Å². The summed E-state index contributed by atoms with van der Waals surface area (Å²) in [6.45, 7) is 2.50. The highest BCUT2D eigenvalue weighted by atomic mass is 16.5. The molecule has 0 fully saturated rings. The van der Waals surface area contributed by atoms with Crippen LogP contribution in [-0.2, 0) is 11.3 Å². The van der Waals surface area contributed by atoms with Crippen molar-refractivity contribution in [1.82, 2.24) is 4.90 Å². The highest BCUT2D eigenvalue weighted by Gasteiger charge is 2.14. The van der Waals surface area contributed by atoms with Crippen LogP contribution in [0.4, 0.5) is 0 Å². The minimum absolute atomic E-state index is 0.192. The van der Waals surface area contributed by atoms with Crippen molar-refractivity contribution < 1.29 is 28.8 Å². The van der Waals surface area contributed by atoms with Crippen LogP contribution in [0.5, 0.6) is 23.0 Å². The number of aliphatic hydroxyl groups excluding tert-OH is 1. The summed E-state index contributed by atoms with van der Waals surface area (Å²) in [5.41, 5.74) is 1.03. The minimum Gasteiger partial charge on any atom is -0.497 e. The van der Waals surface area contributed by atoms with E-state index in [0.29, 0.717) is 32.0 Å². The Labute approximate surface area is 172 Å². The smallest absolute Gasteiger partial charge is 0.122 e. The predicted molar refractivity (Wildman–Crippen MR) is 111 cm³/mol. The van der Waals surface area contributed by atoms with E-state index in [2.05, 4.69) is 4.90 Å². The monoisotopic (exact) mass is 405 g/mol. The first-order chi connectivity index (χ1) is 14.1. The van der Waals surface area contributed by atoms with E-state index in [1.165, 1.54) is 0 Å². The van der Waals surface area contributed by atoms with Gasteiger partial charge in [-0.2, -0.15) is 0 Å². The molecule has 0 aliphatic carbocycles. The van der Waals surface area contributed by atoms with E-state index in [9.17, 15) is 5.11 Å². The highest BCUT2D eigenvalue weighted by Crippen LogP contribution is 2.23. The van der Waals surface area contributed by atoms with Crippen molar-refractivity contribution in [3.05, 3.63) is 48.0 Å². The summed E-state index contributed by atoms with van der Waals surface area (Å²) in [4.78, 5) is 2.11. The average Bonchev–Trinajstić information content (AvgIpc) is 2.76. The third kappa shape index (κ3) is 7.81. The van der Waals surface area contributed by atoms with Gasteiger partial charge in [-0.3, -0.25) is 4.90 Å². The van der Waals surface area contributed by atoms with Crippen molar-refractivity contribution >= 4 is 0 Å². The number of aliphatic hydroxyl groups is 1. The fourth-order valence-electron chi connectivity index (χ4n) is 2.89. The zero-order valence-electron chi connectivity index (χ0n) is 17.6. The second kappa shape index (κ2) is 12.2. The summed E-state index contributed by atoms with van der Waals surface area (Å²) in [5, 5.41) is 10.5. The van der Waals surface area contributed by atoms with E-state index in [-0.39, 0.29) is 6.61 Å². The molecular weight excluding hydrogens is 374 g/mol. The molecule has 1 atom stereocenters. The first-order valence-corrected chi connectivity index (χ1v) is 9.46. The van der Waals surface area contributed by atoms with Crippen molar-refractivity contribution in [1.29, 1.82) is 0 Å².